The van der Waals surface area contributed by atoms with Gasteiger partial charge < -0.3 is 5.11 Å². The minimum atomic E-state index is -0.190. The van der Waals surface area contributed by atoms with Gasteiger partial charge in [-0.15, -0.1) is 0 Å². The van der Waals surface area contributed by atoms with Crippen LogP contribution in [0.25, 0.3) is 0 Å². The first-order valence-electron chi connectivity index (χ1n) is 4.83. The van der Waals surface area contributed by atoms with Gasteiger partial charge in [-0.2, -0.15) is 5.10 Å². The van der Waals surface area contributed by atoms with Crippen LogP contribution in [-0.2, 0) is 13.5 Å². The van der Waals surface area contributed by atoms with E-state index in [1.807, 2.05) is 19.3 Å². The van der Waals surface area contributed by atoms with Crippen molar-refractivity contribution in [2.45, 2.75) is 25.9 Å². The molecule has 0 amide bonds. The van der Waals surface area contributed by atoms with Crippen molar-refractivity contribution in [2.24, 2.45) is 18.9 Å². The van der Waals surface area contributed by atoms with Gasteiger partial charge in [0, 0.05) is 19.7 Å². The van der Waals surface area contributed by atoms with Gasteiger partial charge in [-0.1, -0.05) is 6.92 Å². The van der Waals surface area contributed by atoms with Crippen LogP contribution in [0.2, 0.25) is 0 Å². The molecule has 0 radical (unpaired) electrons. The molecule has 13 heavy (non-hydrogen) atoms. The van der Waals surface area contributed by atoms with Gasteiger partial charge in [0.25, 0.3) is 0 Å². The van der Waals surface area contributed by atoms with Crippen molar-refractivity contribution in [2.75, 3.05) is 0 Å². The first-order valence-corrected chi connectivity index (χ1v) is 4.83. The predicted octanol–water partition coefficient (Wildman–Crippen LogP) is 0.979. The Morgan fingerprint density at radius 2 is 2.46 bits per heavy atom. The summed E-state index contributed by atoms with van der Waals surface area (Å²) < 4.78 is 1.78. The Morgan fingerprint density at radius 3 is 2.92 bits per heavy atom. The number of aliphatic hydroxyl groups is 1. The number of nitrogens with zero attached hydrogens (tertiary/aromatic N) is 2. The van der Waals surface area contributed by atoms with Gasteiger partial charge in [-0.3, -0.25) is 4.68 Å². The lowest BCUT2D eigenvalue weighted by atomic mass is 10.1. The van der Waals surface area contributed by atoms with Crippen LogP contribution in [0.4, 0.5) is 0 Å². The molecule has 0 bridgehead atoms. The molecule has 1 N–H and O–H groups in total. The van der Waals surface area contributed by atoms with E-state index >= 15 is 0 Å². The topological polar surface area (TPSA) is 38.0 Å². The third-order valence-corrected chi connectivity index (χ3v) is 2.85. The molecular weight excluding hydrogens is 164 g/mol. The van der Waals surface area contributed by atoms with Gasteiger partial charge in [-0.05, 0) is 24.3 Å². The van der Waals surface area contributed by atoms with E-state index in [2.05, 4.69) is 12.0 Å². The summed E-state index contributed by atoms with van der Waals surface area (Å²) in [6.07, 6.45) is 3.60. The van der Waals surface area contributed by atoms with Crippen molar-refractivity contribution in [1.82, 2.24) is 9.78 Å². The van der Waals surface area contributed by atoms with Crippen LogP contribution < -0.4 is 0 Å². The van der Waals surface area contributed by atoms with Crippen molar-refractivity contribution >= 4 is 0 Å². The summed E-state index contributed by atoms with van der Waals surface area (Å²) in [5.41, 5.74) is 0.995. The minimum absolute atomic E-state index is 0.190. The molecule has 3 nitrogen and oxygen atoms in total. The van der Waals surface area contributed by atoms with Crippen molar-refractivity contribution < 1.29 is 5.11 Å². The van der Waals surface area contributed by atoms with Crippen molar-refractivity contribution in [3.8, 4) is 0 Å². The third-order valence-electron chi connectivity index (χ3n) is 2.85. The second-order valence-electron chi connectivity index (χ2n) is 4.13. The Hall–Kier alpha value is -0.830. The first kappa shape index (κ1) is 8.75. The fourth-order valence-electron chi connectivity index (χ4n) is 1.82. The standard InChI is InChI=1S/C10H16N2O/c1-7-5-9(7)10(13)6-8-3-4-12(2)11-8/h3-4,7,9-10,13H,5-6H2,1-2H3. The zero-order chi connectivity index (χ0) is 9.42. The molecule has 1 fully saturated rings. The summed E-state index contributed by atoms with van der Waals surface area (Å²) in [5.74, 6) is 1.22. The smallest absolute Gasteiger partial charge is 0.0650 e. The lowest BCUT2D eigenvalue weighted by molar-refractivity contribution is 0.145. The zero-order valence-corrected chi connectivity index (χ0v) is 8.14. The van der Waals surface area contributed by atoms with E-state index in [4.69, 9.17) is 0 Å². The van der Waals surface area contributed by atoms with Crippen molar-refractivity contribution in [1.29, 1.82) is 0 Å². The van der Waals surface area contributed by atoms with Gasteiger partial charge >= 0.3 is 0 Å². The summed E-state index contributed by atoms with van der Waals surface area (Å²) in [7, 11) is 1.90. The van der Waals surface area contributed by atoms with Crippen LogP contribution in [0.3, 0.4) is 0 Å². The SMILES string of the molecule is CC1CC1C(O)Cc1ccn(C)n1. The van der Waals surface area contributed by atoms with E-state index in [1.54, 1.807) is 4.68 Å². The third kappa shape index (κ3) is 1.91. The van der Waals surface area contributed by atoms with E-state index in [9.17, 15) is 5.11 Å². The van der Waals surface area contributed by atoms with Crippen molar-refractivity contribution in [3.05, 3.63) is 18.0 Å². The van der Waals surface area contributed by atoms with E-state index < -0.39 is 0 Å². The summed E-state index contributed by atoms with van der Waals surface area (Å²) in [4.78, 5) is 0. The van der Waals surface area contributed by atoms with Crippen LogP contribution >= 0.6 is 0 Å². The molecule has 0 spiro atoms. The molecular formula is C10H16N2O. The molecule has 3 atom stereocenters. The highest BCUT2D eigenvalue weighted by Gasteiger charge is 2.38. The Bertz CT molecular complexity index is 295. The second-order valence-corrected chi connectivity index (χ2v) is 4.13. The fourth-order valence-corrected chi connectivity index (χ4v) is 1.82. The molecule has 1 heterocycles. The van der Waals surface area contributed by atoms with Crippen LogP contribution in [0.15, 0.2) is 12.3 Å². The largest absolute Gasteiger partial charge is 0.392 e. The van der Waals surface area contributed by atoms with Gasteiger partial charge in [0.2, 0.25) is 0 Å². The predicted molar refractivity (Wildman–Crippen MR) is 50.2 cm³/mol. The number of aryl methyl sites for hydroxylation is 1. The fraction of sp³-hybridized carbons (Fsp3) is 0.700. The van der Waals surface area contributed by atoms with Crippen molar-refractivity contribution in [3.63, 3.8) is 0 Å². The highest BCUT2D eigenvalue weighted by Crippen LogP contribution is 2.41. The molecule has 3 unspecified atom stereocenters. The molecule has 1 aromatic rings. The molecule has 1 aromatic heterocycles. The molecule has 2 rings (SSSR count). The van der Waals surface area contributed by atoms with Crippen LogP contribution in [0, 0.1) is 11.8 Å². The number of aromatic nitrogens is 2. The average Bonchev–Trinajstić information content (AvgIpc) is 2.66. The van der Waals surface area contributed by atoms with Crippen LogP contribution in [0.1, 0.15) is 19.0 Å². The molecule has 1 aliphatic rings. The molecule has 0 aromatic carbocycles. The summed E-state index contributed by atoms with van der Waals surface area (Å²) in [6, 6.07) is 1.97. The summed E-state index contributed by atoms with van der Waals surface area (Å²) in [5, 5.41) is 14.0. The normalized spacial score (nSPS) is 28.8. The van der Waals surface area contributed by atoms with Crippen LogP contribution in [0.5, 0.6) is 0 Å². The van der Waals surface area contributed by atoms with Gasteiger partial charge in [0.05, 0.1) is 11.8 Å². The molecule has 0 saturated heterocycles. The van der Waals surface area contributed by atoms with Gasteiger partial charge in [-0.25, -0.2) is 0 Å². The maximum absolute atomic E-state index is 9.77. The Kier molecular flexibility index (Phi) is 2.12. The maximum atomic E-state index is 9.77. The Balaban J connectivity index is 1.91. The van der Waals surface area contributed by atoms with E-state index in [1.165, 1.54) is 6.42 Å². The highest BCUT2D eigenvalue weighted by molar-refractivity contribution is 5.03. The molecule has 1 saturated carbocycles. The lowest BCUT2D eigenvalue weighted by Gasteiger charge is -2.06. The van der Waals surface area contributed by atoms with Crippen LogP contribution in [-0.4, -0.2) is 21.0 Å². The number of rotatable bonds is 3. The molecule has 72 valence electrons. The molecule has 1 aliphatic carbocycles. The lowest BCUT2D eigenvalue weighted by Crippen LogP contribution is -2.14. The quantitative estimate of drug-likeness (QED) is 0.753. The second kappa shape index (κ2) is 3.14. The van der Waals surface area contributed by atoms with E-state index in [0.29, 0.717) is 18.3 Å². The number of hydrogen-bond acceptors (Lipinski definition) is 2. The molecule has 3 heteroatoms. The monoisotopic (exact) mass is 180 g/mol. The average molecular weight is 180 g/mol. The highest BCUT2D eigenvalue weighted by atomic mass is 16.3. The number of aliphatic hydroxyl groups excluding tert-OH is 1. The molecule has 0 aliphatic heterocycles. The summed E-state index contributed by atoms with van der Waals surface area (Å²) in [6.45, 7) is 2.19. The Labute approximate surface area is 78.4 Å². The van der Waals surface area contributed by atoms with E-state index in [0.717, 1.165) is 5.69 Å². The van der Waals surface area contributed by atoms with Gasteiger partial charge in [0.15, 0.2) is 0 Å². The number of hydrogen-bond donors (Lipinski definition) is 1. The maximum Gasteiger partial charge on any atom is 0.0650 e. The first-order chi connectivity index (χ1) is 6.16. The van der Waals surface area contributed by atoms with E-state index in [-0.39, 0.29) is 6.10 Å². The Morgan fingerprint density at radius 1 is 1.77 bits per heavy atom. The zero-order valence-electron chi connectivity index (χ0n) is 8.14. The van der Waals surface area contributed by atoms with Gasteiger partial charge in [0.1, 0.15) is 0 Å². The summed E-state index contributed by atoms with van der Waals surface area (Å²) >= 11 is 0. The minimum Gasteiger partial charge on any atom is -0.392 e.